The predicted molar refractivity (Wildman–Crippen MR) is 147 cm³/mol. The van der Waals surface area contributed by atoms with E-state index in [2.05, 4.69) is 31.8 Å². The third kappa shape index (κ3) is 6.79. The molecule has 0 unspecified atom stereocenters. The van der Waals surface area contributed by atoms with Crippen LogP contribution in [0.5, 0.6) is 5.75 Å². The Morgan fingerprint density at radius 1 is 0.889 bits per heavy atom. The first kappa shape index (κ1) is 25.1. The lowest BCUT2D eigenvalue weighted by Gasteiger charge is -2.12. The lowest BCUT2D eigenvalue weighted by atomic mass is 10.0. The molecule has 2 N–H and O–H groups in total. The van der Waals surface area contributed by atoms with Crippen molar-refractivity contribution in [1.29, 1.82) is 0 Å². The molecule has 182 valence electrons. The van der Waals surface area contributed by atoms with Gasteiger partial charge in [-0.15, -0.1) is 0 Å². The van der Waals surface area contributed by atoms with Gasteiger partial charge in [0.25, 0.3) is 0 Å². The van der Waals surface area contributed by atoms with Crippen molar-refractivity contribution < 1.29 is 14.3 Å². The quantitative estimate of drug-likeness (QED) is 0.190. The summed E-state index contributed by atoms with van der Waals surface area (Å²) in [6.45, 7) is 2.32. The molecule has 0 saturated carbocycles. The first-order valence-electron chi connectivity index (χ1n) is 11.6. The summed E-state index contributed by atoms with van der Waals surface area (Å²) in [5.41, 5.74) is 6.03. The Kier molecular flexibility index (Phi) is 8.47. The van der Waals surface area contributed by atoms with Crippen molar-refractivity contribution in [2.75, 3.05) is 5.32 Å². The normalized spacial score (nSPS) is 10.9. The number of hydrazone groups is 1. The van der Waals surface area contributed by atoms with Crippen LogP contribution in [-0.2, 0) is 16.2 Å². The third-order valence-corrected chi connectivity index (χ3v) is 6.15. The second-order valence-electron chi connectivity index (χ2n) is 8.27. The highest BCUT2D eigenvalue weighted by molar-refractivity contribution is 9.10. The van der Waals surface area contributed by atoms with Gasteiger partial charge in [-0.05, 0) is 53.1 Å². The van der Waals surface area contributed by atoms with E-state index in [-0.39, 0.29) is 24.7 Å². The number of fused-ring (bicyclic) bond motifs is 1. The van der Waals surface area contributed by atoms with Crippen LogP contribution in [0.2, 0.25) is 0 Å². The van der Waals surface area contributed by atoms with Gasteiger partial charge in [0.2, 0.25) is 11.8 Å². The number of nitrogens with one attached hydrogen (secondary N) is 2. The highest BCUT2D eigenvalue weighted by atomic mass is 79.9. The maximum atomic E-state index is 12.3. The predicted octanol–water partition coefficient (Wildman–Crippen LogP) is 6.36. The first-order valence-corrected chi connectivity index (χ1v) is 12.4. The Bertz CT molecular complexity index is 1400. The van der Waals surface area contributed by atoms with E-state index in [0.29, 0.717) is 12.4 Å². The van der Waals surface area contributed by atoms with Gasteiger partial charge in [-0.25, -0.2) is 5.43 Å². The number of para-hydroxylation sites is 1. The summed E-state index contributed by atoms with van der Waals surface area (Å²) >= 11 is 3.44. The lowest BCUT2D eigenvalue weighted by molar-refractivity contribution is -0.124. The van der Waals surface area contributed by atoms with E-state index in [1.807, 2.05) is 91.9 Å². The number of anilines is 1. The van der Waals surface area contributed by atoms with Gasteiger partial charge in [-0.3, -0.25) is 9.59 Å². The van der Waals surface area contributed by atoms with Gasteiger partial charge >= 0.3 is 0 Å². The van der Waals surface area contributed by atoms with Gasteiger partial charge in [0.1, 0.15) is 12.4 Å². The zero-order chi connectivity index (χ0) is 25.3. The van der Waals surface area contributed by atoms with E-state index in [1.54, 1.807) is 6.21 Å². The number of hydrogen-bond donors (Lipinski definition) is 2. The largest absolute Gasteiger partial charge is 0.488 e. The standard InChI is InChI=1S/C29H26BrN3O3/c1-20-6-2-5-9-26(20)32-28(34)16-17-29(35)33-31-18-25-24-8-4-3-7-22(24)12-15-27(25)36-19-21-10-13-23(30)14-11-21/h2-15,18H,16-17,19H2,1H3,(H,32,34)(H,33,35). The van der Waals surface area contributed by atoms with Crippen LogP contribution in [-0.4, -0.2) is 18.0 Å². The number of benzene rings is 4. The number of halogens is 1. The molecule has 0 heterocycles. The number of carbonyl (C=O) groups is 2. The summed E-state index contributed by atoms with van der Waals surface area (Å²) in [5, 5.41) is 8.98. The van der Waals surface area contributed by atoms with Crippen molar-refractivity contribution in [2.24, 2.45) is 5.10 Å². The van der Waals surface area contributed by atoms with E-state index in [9.17, 15) is 9.59 Å². The van der Waals surface area contributed by atoms with E-state index in [1.165, 1.54) is 0 Å². The zero-order valence-corrected chi connectivity index (χ0v) is 21.4. The van der Waals surface area contributed by atoms with Crippen LogP contribution in [0.4, 0.5) is 5.69 Å². The molecule has 36 heavy (non-hydrogen) atoms. The van der Waals surface area contributed by atoms with Crippen molar-refractivity contribution in [3.05, 3.63) is 106 Å². The number of rotatable bonds is 9. The molecule has 0 aliphatic heterocycles. The van der Waals surface area contributed by atoms with E-state index in [4.69, 9.17) is 4.74 Å². The number of carbonyl (C=O) groups excluding carboxylic acids is 2. The van der Waals surface area contributed by atoms with Crippen molar-refractivity contribution in [3.63, 3.8) is 0 Å². The van der Waals surface area contributed by atoms with Crippen LogP contribution in [0.15, 0.2) is 94.5 Å². The maximum Gasteiger partial charge on any atom is 0.240 e. The monoisotopic (exact) mass is 543 g/mol. The number of nitrogens with zero attached hydrogens (tertiary/aromatic N) is 1. The Hall–Kier alpha value is -3.97. The molecule has 0 saturated heterocycles. The van der Waals surface area contributed by atoms with Gasteiger partial charge in [0.15, 0.2) is 0 Å². The second-order valence-corrected chi connectivity index (χ2v) is 9.19. The average Bonchev–Trinajstić information content (AvgIpc) is 2.89. The fourth-order valence-corrected chi connectivity index (χ4v) is 3.92. The number of aryl methyl sites for hydroxylation is 1. The molecule has 0 spiro atoms. The summed E-state index contributed by atoms with van der Waals surface area (Å²) in [4.78, 5) is 24.5. The molecule has 4 aromatic carbocycles. The molecule has 0 aromatic heterocycles. The molecule has 0 radical (unpaired) electrons. The molecule has 0 atom stereocenters. The second kappa shape index (κ2) is 12.1. The fraction of sp³-hybridized carbons (Fsp3) is 0.138. The van der Waals surface area contributed by atoms with Gasteiger partial charge in [0.05, 0.1) is 6.21 Å². The van der Waals surface area contributed by atoms with Gasteiger partial charge in [-0.2, -0.15) is 5.10 Å². The van der Waals surface area contributed by atoms with Crippen LogP contribution < -0.4 is 15.5 Å². The summed E-state index contributed by atoms with van der Waals surface area (Å²) in [6.07, 6.45) is 1.67. The molecule has 0 aliphatic carbocycles. The lowest BCUT2D eigenvalue weighted by Crippen LogP contribution is -2.21. The Balaban J connectivity index is 1.39. The number of amides is 2. The minimum absolute atomic E-state index is 0.0253. The Morgan fingerprint density at radius 2 is 1.61 bits per heavy atom. The molecular formula is C29H26BrN3O3. The Labute approximate surface area is 218 Å². The van der Waals surface area contributed by atoms with Crippen molar-refractivity contribution >= 4 is 50.4 Å². The molecule has 0 bridgehead atoms. The SMILES string of the molecule is Cc1ccccc1NC(=O)CCC(=O)NN=Cc1c(OCc2ccc(Br)cc2)ccc2ccccc12. The van der Waals surface area contributed by atoms with E-state index < -0.39 is 0 Å². The molecule has 4 aromatic rings. The summed E-state index contributed by atoms with van der Waals surface area (Å²) < 4.78 is 7.11. The van der Waals surface area contributed by atoms with E-state index >= 15 is 0 Å². The minimum Gasteiger partial charge on any atom is -0.488 e. The summed E-state index contributed by atoms with van der Waals surface area (Å²) in [5.74, 6) is 0.0945. The highest BCUT2D eigenvalue weighted by Gasteiger charge is 2.10. The molecule has 6 nitrogen and oxygen atoms in total. The molecule has 0 fully saturated rings. The molecule has 4 rings (SSSR count). The zero-order valence-electron chi connectivity index (χ0n) is 19.8. The maximum absolute atomic E-state index is 12.3. The molecule has 0 aliphatic rings. The van der Waals surface area contributed by atoms with E-state index in [0.717, 1.165) is 37.6 Å². The molecule has 2 amide bonds. The number of hydrogen-bond acceptors (Lipinski definition) is 4. The topological polar surface area (TPSA) is 79.8 Å². The third-order valence-electron chi connectivity index (χ3n) is 5.62. The summed E-state index contributed by atoms with van der Waals surface area (Å²) in [6, 6.07) is 27.3. The Morgan fingerprint density at radius 3 is 2.42 bits per heavy atom. The van der Waals surface area contributed by atoms with Crippen LogP contribution >= 0.6 is 15.9 Å². The van der Waals surface area contributed by atoms with Crippen LogP contribution in [0.3, 0.4) is 0 Å². The first-order chi connectivity index (χ1) is 17.5. The minimum atomic E-state index is -0.344. The van der Waals surface area contributed by atoms with Gasteiger partial charge in [0, 0.05) is 28.6 Å². The number of ether oxygens (including phenoxy) is 1. The highest BCUT2D eigenvalue weighted by Crippen LogP contribution is 2.27. The van der Waals surface area contributed by atoms with Crippen molar-refractivity contribution in [1.82, 2.24) is 5.43 Å². The van der Waals surface area contributed by atoms with Gasteiger partial charge < -0.3 is 10.1 Å². The van der Waals surface area contributed by atoms with Crippen molar-refractivity contribution in [2.45, 2.75) is 26.4 Å². The van der Waals surface area contributed by atoms with Crippen LogP contribution in [0.1, 0.15) is 29.5 Å². The van der Waals surface area contributed by atoms with Crippen molar-refractivity contribution in [3.8, 4) is 5.75 Å². The fourth-order valence-electron chi connectivity index (χ4n) is 3.65. The van der Waals surface area contributed by atoms with Gasteiger partial charge in [-0.1, -0.05) is 76.6 Å². The van der Waals surface area contributed by atoms with Crippen LogP contribution in [0.25, 0.3) is 10.8 Å². The summed E-state index contributed by atoms with van der Waals surface area (Å²) in [7, 11) is 0. The average molecular weight is 544 g/mol. The van der Waals surface area contributed by atoms with Crippen LogP contribution in [0, 0.1) is 6.92 Å². The molecule has 7 heteroatoms. The smallest absolute Gasteiger partial charge is 0.240 e. The molecular weight excluding hydrogens is 518 g/mol.